The average Bonchev–Trinajstić information content (AvgIpc) is 3.08. The first-order valence-corrected chi connectivity index (χ1v) is 11.6. The van der Waals surface area contributed by atoms with Crippen molar-refractivity contribution in [2.24, 2.45) is 0 Å². The molecule has 1 heterocycles. The number of nitrogens with one attached hydrogen (secondary N) is 2. The number of ketones is 2. The highest BCUT2D eigenvalue weighted by atomic mass is 33.1. The van der Waals surface area contributed by atoms with Gasteiger partial charge in [-0.3, -0.25) is 14.4 Å². The highest BCUT2D eigenvalue weighted by Gasteiger charge is 2.23. The lowest BCUT2D eigenvalue weighted by Crippen LogP contribution is -2.50. The van der Waals surface area contributed by atoms with E-state index in [0.29, 0.717) is 11.7 Å². The van der Waals surface area contributed by atoms with E-state index in [-0.39, 0.29) is 30.3 Å². The van der Waals surface area contributed by atoms with Gasteiger partial charge in [-0.15, -0.1) is 0 Å². The molecule has 0 aliphatic carbocycles. The zero-order valence-corrected chi connectivity index (χ0v) is 17.5. The minimum absolute atomic E-state index is 0.0383. The first kappa shape index (κ1) is 23.0. The summed E-state index contributed by atoms with van der Waals surface area (Å²) in [6.07, 6.45) is 4.97. The molecule has 6 nitrogen and oxygen atoms in total. The van der Waals surface area contributed by atoms with Crippen LogP contribution in [0.5, 0.6) is 0 Å². The second-order valence-corrected chi connectivity index (χ2v) is 9.56. The molecule has 148 valence electrons. The van der Waals surface area contributed by atoms with Crippen molar-refractivity contribution in [2.45, 2.75) is 83.1 Å². The summed E-state index contributed by atoms with van der Waals surface area (Å²) in [5, 5.41) is 6.01. The third-order valence-electron chi connectivity index (χ3n) is 4.31. The Bertz CT molecular complexity index is 507. The van der Waals surface area contributed by atoms with Crippen molar-refractivity contribution < 1.29 is 19.2 Å². The Labute approximate surface area is 163 Å². The third-order valence-corrected chi connectivity index (χ3v) is 7.32. The molecule has 1 rings (SSSR count). The van der Waals surface area contributed by atoms with Crippen molar-refractivity contribution >= 4 is 45.0 Å². The van der Waals surface area contributed by atoms with Gasteiger partial charge in [0.1, 0.15) is 11.8 Å². The molecule has 2 unspecified atom stereocenters. The topological polar surface area (TPSA) is 92.3 Å². The van der Waals surface area contributed by atoms with Crippen molar-refractivity contribution in [3.05, 3.63) is 0 Å². The van der Waals surface area contributed by atoms with E-state index < -0.39 is 18.0 Å². The summed E-state index contributed by atoms with van der Waals surface area (Å²) in [4.78, 5) is 47.0. The lowest BCUT2D eigenvalue weighted by atomic mass is 10.1. The minimum atomic E-state index is -0.782. The molecule has 0 bridgehead atoms. The second-order valence-electron chi connectivity index (χ2n) is 6.78. The average molecular weight is 403 g/mol. The molecule has 1 saturated heterocycles. The maximum absolute atomic E-state index is 12.3. The van der Waals surface area contributed by atoms with E-state index in [2.05, 4.69) is 10.6 Å². The Balaban J connectivity index is 2.41. The van der Waals surface area contributed by atoms with Gasteiger partial charge in [-0.2, -0.15) is 0 Å². The molecule has 1 aliphatic heterocycles. The van der Waals surface area contributed by atoms with Crippen LogP contribution in [0, 0.1) is 0 Å². The van der Waals surface area contributed by atoms with Crippen molar-refractivity contribution in [3.63, 3.8) is 0 Å². The third kappa shape index (κ3) is 9.62. The summed E-state index contributed by atoms with van der Waals surface area (Å²) in [5.74, 6) is 0.419. The molecule has 0 radical (unpaired) electrons. The van der Waals surface area contributed by atoms with Crippen LogP contribution in [0.15, 0.2) is 0 Å². The number of carbonyl (C=O) groups excluding carboxylic acids is 4. The van der Waals surface area contributed by atoms with Crippen molar-refractivity contribution in [2.75, 3.05) is 5.75 Å². The van der Waals surface area contributed by atoms with E-state index in [1.165, 1.54) is 26.0 Å². The number of amides is 2. The van der Waals surface area contributed by atoms with Gasteiger partial charge in [-0.1, -0.05) is 28.0 Å². The smallest absolute Gasteiger partial charge is 0.243 e. The lowest BCUT2D eigenvalue weighted by molar-refractivity contribution is -0.131. The van der Waals surface area contributed by atoms with E-state index in [4.69, 9.17) is 0 Å². The van der Waals surface area contributed by atoms with Gasteiger partial charge in [0.15, 0.2) is 5.78 Å². The van der Waals surface area contributed by atoms with Crippen LogP contribution < -0.4 is 10.6 Å². The standard InChI is InChI=1S/C18H30N2O4S2/c1-12(21)8-9-16(18(24)19-13(2)14(3)22)20-17(23)7-5-4-6-15-10-11-25-26-15/h13,15-16H,4-11H2,1-3H3,(H,19,24)(H,20,23)/t13?,15-,16?/m1/s1. The van der Waals surface area contributed by atoms with Crippen LogP contribution in [0.25, 0.3) is 0 Å². The molecule has 2 N–H and O–H groups in total. The Morgan fingerprint density at radius 2 is 1.81 bits per heavy atom. The highest BCUT2D eigenvalue weighted by molar-refractivity contribution is 8.77. The van der Waals surface area contributed by atoms with Gasteiger partial charge >= 0.3 is 0 Å². The zero-order chi connectivity index (χ0) is 19.5. The lowest BCUT2D eigenvalue weighted by Gasteiger charge is -2.20. The van der Waals surface area contributed by atoms with Gasteiger partial charge in [0, 0.05) is 23.8 Å². The molecule has 8 heteroatoms. The largest absolute Gasteiger partial charge is 0.345 e. The molecule has 0 spiro atoms. The number of hydrogen-bond donors (Lipinski definition) is 2. The summed E-state index contributed by atoms with van der Waals surface area (Å²) < 4.78 is 0. The Kier molecular flexibility index (Phi) is 11.0. The number of rotatable bonds is 12. The SMILES string of the molecule is CC(=O)CCC(NC(=O)CCCC[C@@H]1CCSS1)C(=O)NC(C)C(C)=O. The van der Waals surface area contributed by atoms with Crippen molar-refractivity contribution in [1.82, 2.24) is 10.6 Å². The van der Waals surface area contributed by atoms with E-state index >= 15 is 0 Å². The van der Waals surface area contributed by atoms with E-state index in [1.807, 2.05) is 21.6 Å². The normalized spacial score (nSPS) is 18.8. The summed E-state index contributed by atoms with van der Waals surface area (Å²) in [5.41, 5.74) is 0. The molecule has 26 heavy (non-hydrogen) atoms. The fraction of sp³-hybridized carbons (Fsp3) is 0.778. The zero-order valence-electron chi connectivity index (χ0n) is 15.8. The van der Waals surface area contributed by atoms with Gasteiger partial charge in [-0.05, 0) is 46.5 Å². The Morgan fingerprint density at radius 1 is 1.08 bits per heavy atom. The molecule has 0 aromatic carbocycles. The molecule has 2 amide bonds. The van der Waals surface area contributed by atoms with Crippen molar-refractivity contribution in [3.8, 4) is 0 Å². The molecular weight excluding hydrogens is 372 g/mol. The van der Waals surface area contributed by atoms with Crippen LogP contribution in [0.4, 0.5) is 0 Å². The Morgan fingerprint density at radius 3 is 2.38 bits per heavy atom. The first-order chi connectivity index (χ1) is 12.3. The van der Waals surface area contributed by atoms with E-state index in [9.17, 15) is 19.2 Å². The van der Waals surface area contributed by atoms with Gasteiger partial charge in [0.2, 0.25) is 11.8 Å². The number of unbranched alkanes of at least 4 members (excludes halogenated alkanes) is 1. The number of carbonyl (C=O) groups is 4. The highest BCUT2D eigenvalue weighted by Crippen LogP contribution is 2.39. The number of hydrogen-bond acceptors (Lipinski definition) is 6. The predicted molar refractivity (Wildman–Crippen MR) is 107 cm³/mol. The molecule has 1 aliphatic rings. The molecular formula is C18H30N2O4S2. The summed E-state index contributed by atoms with van der Waals surface area (Å²) in [6, 6.07) is -1.39. The minimum Gasteiger partial charge on any atom is -0.345 e. The van der Waals surface area contributed by atoms with Crippen molar-refractivity contribution in [1.29, 1.82) is 0 Å². The van der Waals surface area contributed by atoms with Crippen LogP contribution >= 0.6 is 21.6 Å². The maximum Gasteiger partial charge on any atom is 0.243 e. The van der Waals surface area contributed by atoms with Gasteiger partial charge in [0.05, 0.1) is 6.04 Å². The summed E-state index contributed by atoms with van der Waals surface area (Å²) >= 11 is 0. The van der Waals surface area contributed by atoms with E-state index in [0.717, 1.165) is 19.3 Å². The molecule has 3 atom stereocenters. The van der Waals surface area contributed by atoms with Crippen LogP contribution in [0.1, 0.15) is 65.7 Å². The fourth-order valence-corrected chi connectivity index (χ4v) is 5.55. The van der Waals surface area contributed by atoms with Crippen LogP contribution in [-0.4, -0.2) is 46.5 Å². The molecule has 1 fully saturated rings. The van der Waals surface area contributed by atoms with Crippen LogP contribution in [-0.2, 0) is 19.2 Å². The number of Topliss-reactive ketones (excluding diaryl/α,β-unsaturated/α-hetero) is 2. The molecule has 0 aromatic rings. The van der Waals surface area contributed by atoms with E-state index in [1.54, 1.807) is 6.92 Å². The predicted octanol–water partition coefficient (Wildman–Crippen LogP) is 2.65. The summed E-state index contributed by atoms with van der Waals surface area (Å²) in [7, 11) is 3.85. The summed E-state index contributed by atoms with van der Waals surface area (Å²) in [6.45, 7) is 4.45. The molecule has 0 saturated carbocycles. The first-order valence-electron chi connectivity index (χ1n) is 9.17. The van der Waals surface area contributed by atoms with Crippen LogP contribution in [0.3, 0.4) is 0 Å². The van der Waals surface area contributed by atoms with Gasteiger partial charge < -0.3 is 15.4 Å². The Hall–Kier alpha value is -1.02. The van der Waals surface area contributed by atoms with Crippen LogP contribution in [0.2, 0.25) is 0 Å². The fourth-order valence-electron chi connectivity index (χ4n) is 2.52. The monoisotopic (exact) mass is 402 g/mol. The second kappa shape index (κ2) is 12.4. The molecule has 0 aromatic heterocycles. The van der Waals surface area contributed by atoms with Gasteiger partial charge in [0.25, 0.3) is 0 Å². The maximum atomic E-state index is 12.3. The quantitative estimate of drug-likeness (QED) is 0.385. The van der Waals surface area contributed by atoms with Gasteiger partial charge in [-0.25, -0.2) is 0 Å².